The molecule has 14 heavy (non-hydrogen) atoms. The number of allylic oxidation sites excluding steroid dienone is 2. The predicted octanol–water partition coefficient (Wildman–Crippen LogP) is 5.20. The molecular weight excluding hydrogens is 168 g/mol. The van der Waals surface area contributed by atoms with Gasteiger partial charge in [-0.3, -0.25) is 0 Å². The fourth-order valence-corrected chi connectivity index (χ4v) is 2.39. The second-order valence-corrected chi connectivity index (χ2v) is 6.16. The summed E-state index contributed by atoms with van der Waals surface area (Å²) in [6.45, 7) is 18.5. The van der Waals surface area contributed by atoms with Gasteiger partial charge in [-0.15, -0.1) is 0 Å². The van der Waals surface area contributed by atoms with Gasteiger partial charge in [-0.1, -0.05) is 66.5 Å². The first-order chi connectivity index (χ1) is 6.14. The molecule has 0 unspecified atom stereocenters. The normalized spacial score (nSPS) is 15.4. The zero-order valence-corrected chi connectivity index (χ0v) is 11.4. The lowest BCUT2D eigenvalue weighted by molar-refractivity contribution is 0.424. The summed E-state index contributed by atoms with van der Waals surface area (Å²) in [7, 11) is 0. The summed E-state index contributed by atoms with van der Waals surface area (Å²) in [5.41, 5.74) is 3.95. The Bertz CT molecular complexity index is 181. The van der Waals surface area contributed by atoms with Crippen molar-refractivity contribution in [2.75, 3.05) is 0 Å². The van der Waals surface area contributed by atoms with E-state index in [1.54, 1.807) is 11.1 Å². The highest BCUT2D eigenvalue weighted by Crippen LogP contribution is 2.39. The van der Waals surface area contributed by atoms with Crippen molar-refractivity contribution in [1.82, 2.24) is 0 Å². The van der Waals surface area contributed by atoms with Gasteiger partial charge >= 0.3 is 0 Å². The molecule has 0 fully saturated rings. The minimum atomic E-state index is 0.327. The van der Waals surface area contributed by atoms with Crippen LogP contribution in [0.25, 0.3) is 0 Å². The van der Waals surface area contributed by atoms with Crippen LogP contribution >= 0.6 is 0 Å². The van der Waals surface area contributed by atoms with Crippen molar-refractivity contribution < 1.29 is 0 Å². The fourth-order valence-electron chi connectivity index (χ4n) is 2.39. The van der Waals surface area contributed by atoms with Crippen molar-refractivity contribution in [1.29, 1.82) is 0 Å². The van der Waals surface area contributed by atoms with Crippen LogP contribution in [0.3, 0.4) is 0 Å². The molecule has 0 N–H and O–H groups in total. The molecule has 0 radical (unpaired) electrons. The highest BCUT2D eigenvalue weighted by atomic mass is 14.3. The molecule has 0 aliphatic heterocycles. The van der Waals surface area contributed by atoms with Gasteiger partial charge in [0.2, 0.25) is 0 Å². The molecule has 0 saturated heterocycles. The van der Waals surface area contributed by atoms with Crippen LogP contribution in [-0.2, 0) is 0 Å². The van der Waals surface area contributed by atoms with Gasteiger partial charge in [-0.2, -0.15) is 0 Å². The van der Waals surface area contributed by atoms with E-state index in [-0.39, 0.29) is 0 Å². The molecule has 0 saturated carbocycles. The first kappa shape index (κ1) is 13.7. The van der Waals surface area contributed by atoms with Crippen LogP contribution in [0.1, 0.15) is 68.2 Å². The second kappa shape index (κ2) is 4.51. The maximum atomic E-state index is 2.33. The summed E-state index contributed by atoms with van der Waals surface area (Å²) in [5.74, 6) is 0. The van der Waals surface area contributed by atoms with E-state index in [0.717, 1.165) is 0 Å². The lowest BCUT2D eigenvalue weighted by Crippen LogP contribution is -2.19. The molecule has 0 atom stereocenters. The van der Waals surface area contributed by atoms with E-state index in [4.69, 9.17) is 0 Å². The van der Waals surface area contributed by atoms with Crippen LogP contribution in [0.2, 0.25) is 0 Å². The van der Waals surface area contributed by atoms with Gasteiger partial charge < -0.3 is 0 Å². The minimum absolute atomic E-state index is 0.327. The topological polar surface area (TPSA) is 0 Å². The average molecular weight is 196 g/mol. The van der Waals surface area contributed by atoms with Crippen molar-refractivity contribution >= 4 is 0 Å². The highest BCUT2D eigenvalue weighted by Gasteiger charge is 2.25. The molecule has 0 aliphatic carbocycles. The van der Waals surface area contributed by atoms with E-state index in [1.807, 2.05) is 0 Å². The molecule has 0 aliphatic rings. The van der Waals surface area contributed by atoms with E-state index >= 15 is 0 Å². The van der Waals surface area contributed by atoms with Crippen molar-refractivity contribution in [2.45, 2.75) is 68.2 Å². The zero-order valence-electron chi connectivity index (χ0n) is 11.4. The van der Waals surface area contributed by atoms with Gasteiger partial charge in [-0.25, -0.2) is 0 Å². The summed E-state index contributed by atoms with van der Waals surface area (Å²) in [6.07, 6.45) is 2.37. The maximum Gasteiger partial charge on any atom is -0.0170 e. The second-order valence-electron chi connectivity index (χ2n) is 6.16. The summed E-state index contributed by atoms with van der Waals surface area (Å²) >= 11 is 0. The van der Waals surface area contributed by atoms with Crippen LogP contribution in [0.4, 0.5) is 0 Å². The predicted molar refractivity (Wildman–Crippen MR) is 66.5 cm³/mol. The van der Waals surface area contributed by atoms with Gasteiger partial charge in [0.1, 0.15) is 0 Å². The van der Waals surface area contributed by atoms with Crippen LogP contribution in [0.5, 0.6) is 0 Å². The third kappa shape index (κ3) is 3.48. The molecule has 0 spiro atoms. The SMILES string of the molecule is CCC(=C(CC)C(C)(C)C)C(C)(C)C. The lowest BCUT2D eigenvalue weighted by atomic mass is 9.73. The first-order valence-corrected chi connectivity index (χ1v) is 5.87. The Kier molecular flexibility index (Phi) is 4.42. The van der Waals surface area contributed by atoms with Crippen LogP contribution in [0.15, 0.2) is 11.1 Å². The Morgan fingerprint density at radius 1 is 0.643 bits per heavy atom. The van der Waals surface area contributed by atoms with Crippen LogP contribution in [-0.4, -0.2) is 0 Å². The fraction of sp³-hybridized carbons (Fsp3) is 0.857. The Balaban J connectivity index is 5.36. The summed E-state index contributed by atoms with van der Waals surface area (Å²) < 4.78 is 0. The zero-order chi connectivity index (χ0) is 11.6. The number of hydrogen-bond donors (Lipinski definition) is 0. The molecule has 0 nitrogen and oxygen atoms in total. The van der Waals surface area contributed by atoms with Crippen LogP contribution < -0.4 is 0 Å². The maximum absolute atomic E-state index is 2.33. The quantitative estimate of drug-likeness (QED) is 0.533. The third-order valence-electron chi connectivity index (χ3n) is 2.88. The summed E-state index contributed by atoms with van der Waals surface area (Å²) in [4.78, 5) is 0. The number of hydrogen-bond acceptors (Lipinski definition) is 0. The van der Waals surface area contributed by atoms with Crippen molar-refractivity contribution in [3.8, 4) is 0 Å². The van der Waals surface area contributed by atoms with Crippen LogP contribution in [0, 0.1) is 10.8 Å². The molecule has 0 aromatic carbocycles. The van der Waals surface area contributed by atoms with E-state index < -0.39 is 0 Å². The van der Waals surface area contributed by atoms with E-state index in [0.29, 0.717) is 10.8 Å². The lowest BCUT2D eigenvalue weighted by Gasteiger charge is -2.32. The summed E-state index contributed by atoms with van der Waals surface area (Å²) in [6, 6.07) is 0. The molecule has 0 rings (SSSR count). The molecular formula is C14H28. The molecule has 0 heteroatoms. The smallest absolute Gasteiger partial charge is 0.0170 e. The van der Waals surface area contributed by atoms with Gasteiger partial charge in [0.05, 0.1) is 0 Å². The van der Waals surface area contributed by atoms with Gasteiger partial charge in [0.15, 0.2) is 0 Å². The summed E-state index contributed by atoms with van der Waals surface area (Å²) in [5, 5.41) is 0. The number of rotatable bonds is 2. The van der Waals surface area contributed by atoms with E-state index in [2.05, 4.69) is 55.4 Å². The first-order valence-electron chi connectivity index (χ1n) is 5.87. The Morgan fingerprint density at radius 3 is 0.929 bits per heavy atom. The van der Waals surface area contributed by atoms with Gasteiger partial charge in [-0.05, 0) is 23.7 Å². The standard InChI is InChI=1S/C14H28/c1-9-11(13(3,4)5)12(10-2)14(6,7)8/h9-10H2,1-8H3. The van der Waals surface area contributed by atoms with Crippen molar-refractivity contribution in [2.24, 2.45) is 10.8 Å². The molecule has 0 amide bonds. The molecule has 84 valence electrons. The van der Waals surface area contributed by atoms with E-state index in [9.17, 15) is 0 Å². The molecule has 0 bridgehead atoms. The minimum Gasteiger partial charge on any atom is -0.0654 e. The largest absolute Gasteiger partial charge is 0.0654 e. The molecule has 0 aromatic heterocycles. The Hall–Kier alpha value is -0.260. The monoisotopic (exact) mass is 196 g/mol. The van der Waals surface area contributed by atoms with E-state index in [1.165, 1.54) is 12.8 Å². The Morgan fingerprint density at radius 2 is 0.857 bits per heavy atom. The van der Waals surface area contributed by atoms with Gasteiger partial charge in [0, 0.05) is 0 Å². The van der Waals surface area contributed by atoms with Gasteiger partial charge in [0.25, 0.3) is 0 Å². The van der Waals surface area contributed by atoms with Crippen molar-refractivity contribution in [3.05, 3.63) is 11.1 Å². The molecule has 0 aromatic rings. The van der Waals surface area contributed by atoms with Crippen molar-refractivity contribution in [3.63, 3.8) is 0 Å². The average Bonchev–Trinajstić information content (AvgIpc) is 1.94. The molecule has 0 heterocycles. The third-order valence-corrected chi connectivity index (χ3v) is 2.88. The highest BCUT2D eigenvalue weighted by molar-refractivity contribution is 5.24. The Labute approximate surface area is 90.8 Å².